The fraction of sp³-hybridized carbons (Fsp3) is 0.812. The molecule has 7 nitrogen and oxygen atoms in total. The lowest BCUT2D eigenvalue weighted by Crippen LogP contribution is -2.45. The largest absolute Gasteiger partial charge is 0.550 e. The summed E-state index contributed by atoms with van der Waals surface area (Å²) in [5.74, 6) is -2.41. The van der Waals surface area contributed by atoms with Gasteiger partial charge in [0.25, 0.3) is 0 Å². The predicted octanol–water partition coefficient (Wildman–Crippen LogP) is 0.560. The summed E-state index contributed by atoms with van der Waals surface area (Å²) in [4.78, 5) is 32.9. The first-order valence-electron chi connectivity index (χ1n) is 8.01. The minimum absolute atomic E-state index is 0.179. The van der Waals surface area contributed by atoms with Gasteiger partial charge in [-0.3, -0.25) is 9.59 Å². The minimum Gasteiger partial charge on any atom is -0.550 e. The van der Waals surface area contributed by atoms with Gasteiger partial charge in [-0.1, -0.05) is 19.3 Å². The SMILES string of the molecule is C[N+](C)(C)CC(CC(=O)[O-])OC(=O)CCCCCCCC(=O)O. The molecule has 0 saturated carbocycles. The number of hydrogen-bond donors (Lipinski definition) is 1. The van der Waals surface area contributed by atoms with Crippen LogP contribution in [0.15, 0.2) is 0 Å². The number of quaternary nitrogens is 1. The van der Waals surface area contributed by atoms with Gasteiger partial charge in [0.05, 0.1) is 21.1 Å². The molecular weight excluding hydrogens is 302 g/mol. The van der Waals surface area contributed by atoms with E-state index in [2.05, 4.69) is 0 Å². The zero-order chi connectivity index (χ0) is 17.9. The van der Waals surface area contributed by atoms with Crippen molar-refractivity contribution in [3.05, 3.63) is 0 Å². The van der Waals surface area contributed by atoms with Gasteiger partial charge in [0.1, 0.15) is 6.54 Å². The second kappa shape index (κ2) is 11.0. The van der Waals surface area contributed by atoms with Gasteiger partial charge in [-0.15, -0.1) is 0 Å². The Balaban J connectivity index is 3.94. The number of carbonyl (C=O) groups is 3. The van der Waals surface area contributed by atoms with Crippen LogP contribution in [0.4, 0.5) is 0 Å². The highest BCUT2D eigenvalue weighted by atomic mass is 16.5. The highest BCUT2D eigenvalue weighted by Crippen LogP contribution is 2.10. The molecule has 0 rings (SSSR count). The van der Waals surface area contributed by atoms with E-state index in [1.54, 1.807) is 0 Å². The molecule has 0 heterocycles. The molecule has 134 valence electrons. The van der Waals surface area contributed by atoms with Crippen LogP contribution in [0.3, 0.4) is 0 Å². The Kier molecular flexibility index (Phi) is 10.2. The normalized spacial score (nSPS) is 12.7. The van der Waals surface area contributed by atoms with Crippen LogP contribution in [0.2, 0.25) is 0 Å². The minimum atomic E-state index is -1.23. The Morgan fingerprint density at radius 3 is 2.00 bits per heavy atom. The molecule has 0 radical (unpaired) electrons. The molecule has 0 aliphatic carbocycles. The fourth-order valence-corrected chi connectivity index (χ4v) is 2.26. The van der Waals surface area contributed by atoms with Crippen molar-refractivity contribution < 1.29 is 33.8 Å². The molecule has 0 spiro atoms. The van der Waals surface area contributed by atoms with E-state index in [1.165, 1.54) is 0 Å². The number of carboxylic acid groups (broad SMARTS) is 2. The molecule has 0 fully saturated rings. The van der Waals surface area contributed by atoms with Crippen LogP contribution in [0, 0.1) is 0 Å². The summed E-state index contributed by atoms with van der Waals surface area (Å²) in [6.45, 7) is 0.412. The number of carboxylic acids is 2. The highest BCUT2D eigenvalue weighted by Gasteiger charge is 2.22. The van der Waals surface area contributed by atoms with Crippen LogP contribution in [0.5, 0.6) is 0 Å². The lowest BCUT2D eigenvalue weighted by atomic mass is 10.1. The van der Waals surface area contributed by atoms with Crippen molar-refractivity contribution in [1.82, 2.24) is 0 Å². The van der Waals surface area contributed by atoms with E-state index in [0.717, 1.165) is 19.3 Å². The third kappa shape index (κ3) is 15.1. The zero-order valence-corrected chi connectivity index (χ0v) is 14.4. The molecule has 0 saturated heterocycles. The van der Waals surface area contributed by atoms with E-state index < -0.39 is 24.0 Å². The van der Waals surface area contributed by atoms with Gasteiger partial charge in [0.2, 0.25) is 0 Å². The Bertz CT molecular complexity index is 389. The number of unbranched alkanes of at least 4 members (excludes halogenated alkanes) is 4. The van der Waals surface area contributed by atoms with Gasteiger partial charge in [-0.05, 0) is 12.8 Å². The molecule has 0 aromatic carbocycles. The maximum atomic E-state index is 11.8. The van der Waals surface area contributed by atoms with Crippen molar-refractivity contribution in [2.75, 3.05) is 27.7 Å². The molecule has 1 atom stereocenters. The number of aliphatic carboxylic acids is 2. The van der Waals surface area contributed by atoms with E-state index >= 15 is 0 Å². The number of rotatable bonds is 13. The first-order chi connectivity index (χ1) is 10.6. The molecule has 1 unspecified atom stereocenters. The quantitative estimate of drug-likeness (QED) is 0.300. The number of nitrogens with zero attached hydrogens (tertiary/aromatic N) is 1. The lowest BCUT2D eigenvalue weighted by molar-refractivity contribution is -0.873. The summed E-state index contributed by atoms with van der Waals surface area (Å²) < 4.78 is 5.74. The number of ether oxygens (including phenoxy) is 1. The van der Waals surface area contributed by atoms with Gasteiger partial charge in [0.15, 0.2) is 6.10 Å². The van der Waals surface area contributed by atoms with Crippen LogP contribution in [0.1, 0.15) is 51.4 Å². The summed E-state index contributed by atoms with van der Waals surface area (Å²) in [5, 5.41) is 19.2. The Morgan fingerprint density at radius 1 is 1.00 bits per heavy atom. The standard InChI is InChI=1S/C16H29NO6/c1-17(2,3)12-13(11-15(20)21)23-16(22)10-8-6-4-5-7-9-14(18)19/h13H,4-12H2,1-3H3,(H-,18,19,20,21). The second-order valence-electron chi connectivity index (χ2n) is 6.82. The third-order valence-corrected chi connectivity index (χ3v) is 3.22. The van der Waals surface area contributed by atoms with Crippen LogP contribution < -0.4 is 5.11 Å². The van der Waals surface area contributed by atoms with E-state index in [1.807, 2.05) is 21.1 Å². The monoisotopic (exact) mass is 331 g/mol. The average Bonchev–Trinajstić information content (AvgIpc) is 2.34. The maximum Gasteiger partial charge on any atom is 0.306 e. The first kappa shape index (κ1) is 21.4. The van der Waals surface area contributed by atoms with Crippen LogP contribution in [0.25, 0.3) is 0 Å². The zero-order valence-electron chi connectivity index (χ0n) is 14.4. The molecular formula is C16H29NO6. The molecule has 23 heavy (non-hydrogen) atoms. The van der Waals surface area contributed by atoms with E-state index in [-0.39, 0.29) is 19.3 Å². The summed E-state index contributed by atoms with van der Waals surface area (Å²) >= 11 is 0. The second-order valence-corrected chi connectivity index (χ2v) is 6.82. The molecule has 0 aliphatic rings. The summed E-state index contributed by atoms with van der Waals surface area (Å²) in [6, 6.07) is 0. The summed E-state index contributed by atoms with van der Waals surface area (Å²) in [7, 11) is 5.69. The maximum absolute atomic E-state index is 11.8. The lowest BCUT2D eigenvalue weighted by Gasteiger charge is -2.29. The van der Waals surface area contributed by atoms with Crippen molar-refractivity contribution in [3.63, 3.8) is 0 Å². The molecule has 0 bridgehead atoms. The molecule has 0 aromatic heterocycles. The van der Waals surface area contributed by atoms with E-state index in [4.69, 9.17) is 9.84 Å². The molecule has 1 N–H and O–H groups in total. The van der Waals surface area contributed by atoms with Crippen molar-refractivity contribution in [2.45, 2.75) is 57.5 Å². The van der Waals surface area contributed by atoms with Gasteiger partial charge < -0.3 is 24.2 Å². The molecule has 7 heteroatoms. The topological polar surface area (TPSA) is 104 Å². The summed E-state index contributed by atoms with van der Waals surface area (Å²) in [5.41, 5.74) is 0. The van der Waals surface area contributed by atoms with Crippen molar-refractivity contribution >= 4 is 17.9 Å². The van der Waals surface area contributed by atoms with Gasteiger partial charge in [-0.25, -0.2) is 0 Å². The number of esters is 1. The van der Waals surface area contributed by atoms with Crippen LogP contribution >= 0.6 is 0 Å². The predicted molar refractivity (Wildman–Crippen MR) is 82.4 cm³/mol. The van der Waals surface area contributed by atoms with E-state index in [0.29, 0.717) is 23.9 Å². The fourth-order valence-electron chi connectivity index (χ4n) is 2.26. The van der Waals surface area contributed by atoms with Gasteiger partial charge in [0, 0.05) is 25.2 Å². The summed E-state index contributed by atoms with van der Waals surface area (Å²) in [6.07, 6.45) is 3.30. The van der Waals surface area contributed by atoms with Crippen molar-refractivity contribution in [3.8, 4) is 0 Å². The van der Waals surface area contributed by atoms with E-state index in [9.17, 15) is 19.5 Å². The number of hydrogen-bond acceptors (Lipinski definition) is 5. The number of likely N-dealkylation sites (N-methyl/N-ethyl adjacent to an activating group) is 1. The molecule has 0 aromatic rings. The highest BCUT2D eigenvalue weighted by molar-refractivity contribution is 5.70. The van der Waals surface area contributed by atoms with Gasteiger partial charge >= 0.3 is 11.9 Å². The first-order valence-corrected chi connectivity index (χ1v) is 8.01. The van der Waals surface area contributed by atoms with Crippen molar-refractivity contribution in [1.29, 1.82) is 0 Å². The smallest absolute Gasteiger partial charge is 0.306 e. The third-order valence-electron chi connectivity index (χ3n) is 3.22. The Hall–Kier alpha value is -1.63. The number of carbonyl (C=O) groups excluding carboxylic acids is 2. The molecule has 0 aliphatic heterocycles. The van der Waals surface area contributed by atoms with Crippen LogP contribution in [-0.4, -0.2) is 61.3 Å². The van der Waals surface area contributed by atoms with Crippen molar-refractivity contribution in [2.24, 2.45) is 0 Å². The van der Waals surface area contributed by atoms with Gasteiger partial charge in [-0.2, -0.15) is 0 Å². The Labute approximate surface area is 137 Å². The Morgan fingerprint density at radius 2 is 1.52 bits per heavy atom. The van der Waals surface area contributed by atoms with Crippen LogP contribution in [-0.2, 0) is 19.1 Å². The average molecular weight is 331 g/mol. The molecule has 0 amide bonds.